The molecule has 0 aromatic carbocycles. The first-order valence-electron chi connectivity index (χ1n) is 15.4. The first-order chi connectivity index (χ1) is 18.4. The summed E-state index contributed by atoms with van der Waals surface area (Å²) in [6.07, 6.45) is 3.80. The van der Waals surface area contributed by atoms with Crippen molar-refractivity contribution >= 4 is 5.97 Å². The number of esters is 1. The Bertz CT molecular complexity index is 918. The molecular weight excluding hydrogens is 537 g/mol. The van der Waals surface area contributed by atoms with E-state index in [-0.39, 0.29) is 24.2 Å². The van der Waals surface area contributed by atoms with Gasteiger partial charge in [0.1, 0.15) is 6.10 Å². The van der Waals surface area contributed by atoms with Crippen LogP contribution in [0.4, 0.5) is 30.7 Å². The standard InChI is InChI=1S/C31H47F7O2/c1-18(2)7-6-8-19(3)23-11-12-24-22-10-9-20-17-21(13-15-27(20,4)25(22)14-16-28(23,24)5)40-26(39)29(32,33)30(34,35)31(36,37)38/h18-25H,6-17H2,1-5H3/t19-,20+,21+,22+,23-,24+,25+,27+,28-/m1/s1. The Labute approximate surface area is 234 Å². The van der Waals surface area contributed by atoms with Crippen LogP contribution in [0.5, 0.6) is 0 Å². The van der Waals surface area contributed by atoms with Crippen molar-refractivity contribution < 1.29 is 40.3 Å². The van der Waals surface area contributed by atoms with E-state index >= 15 is 0 Å². The summed E-state index contributed by atoms with van der Waals surface area (Å²) in [6, 6.07) is 0. The molecule has 4 rings (SSSR count). The molecule has 0 heterocycles. The van der Waals surface area contributed by atoms with Crippen LogP contribution < -0.4 is 0 Å². The van der Waals surface area contributed by atoms with Crippen molar-refractivity contribution in [1.29, 1.82) is 0 Å². The van der Waals surface area contributed by atoms with Gasteiger partial charge in [-0.05, 0) is 110 Å². The molecule has 0 N–H and O–H groups in total. The van der Waals surface area contributed by atoms with Crippen molar-refractivity contribution in [3.05, 3.63) is 0 Å². The maximum atomic E-state index is 13.9. The second kappa shape index (κ2) is 10.9. The van der Waals surface area contributed by atoms with E-state index in [1.807, 2.05) is 0 Å². The Morgan fingerprint density at radius 1 is 0.825 bits per heavy atom. The summed E-state index contributed by atoms with van der Waals surface area (Å²) in [4.78, 5) is 11.9. The highest BCUT2D eigenvalue weighted by molar-refractivity contribution is 5.79. The fourth-order valence-corrected chi connectivity index (χ4v) is 9.88. The molecule has 0 spiro atoms. The van der Waals surface area contributed by atoms with Crippen LogP contribution in [0.2, 0.25) is 0 Å². The van der Waals surface area contributed by atoms with Gasteiger partial charge in [0.15, 0.2) is 0 Å². The lowest BCUT2D eigenvalue weighted by Gasteiger charge is -2.61. The number of hydrogen-bond acceptors (Lipinski definition) is 2. The molecule has 0 aromatic heterocycles. The lowest BCUT2D eigenvalue weighted by atomic mass is 9.44. The third-order valence-corrected chi connectivity index (χ3v) is 12.1. The van der Waals surface area contributed by atoms with E-state index < -0.39 is 30.1 Å². The molecule has 2 nitrogen and oxygen atoms in total. The number of fused-ring (bicyclic) bond motifs is 5. The maximum Gasteiger partial charge on any atom is 0.460 e. The van der Waals surface area contributed by atoms with Gasteiger partial charge in [-0.15, -0.1) is 0 Å². The van der Waals surface area contributed by atoms with Crippen molar-refractivity contribution in [3.8, 4) is 0 Å². The summed E-state index contributed by atoms with van der Waals surface area (Å²) in [5.74, 6) is -11.3. The minimum absolute atomic E-state index is 0.0635. The number of carbonyl (C=O) groups is 1. The van der Waals surface area contributed by atoms with Gasteiger partial charge >= 0.3 is 24.0 Å². The summed E-state index contributed by atoms with van der Waals surface area (Å²) in [5.41, 5.74) is 0.246. The molecule has 0 radical (unpaired) electrons. The van der Waals surface area contributed by atoms with Crippen LogP contribution in [0.1, 0.15) is 112 Å². The molecule has 0 saturated heterocycles. The molecule has 4 fully saturated rings. The molecule has 4 aliphatic carbocycles. The molecule has 0 amide bonds. The Hall–Kier alpha value is -1.02. The van der Waals surface area contributed by atoms with E-state index in [9.17, 15) is 35.5 Å². The van der Waals surface area contributed by atoms with Gasteiger partial charge in [-0.25, -0.2) is 4.79 Å². The van der Waals surface area contributed by atoms with E-state index in [0.29, 0.717) is 35.5 Å². The van der Waals surface area contributed by atoms with Crippen LogP contribution >= 0.6 is 0 Å². The molecule has 0 unspecified atom stereocenters. The maximum absolute atomic E-state index is 13.9. The summed E-state index contributed by atoms with van der Waals surface area (Å²) in [7, 11) is 0. The molecule has 232 valence electrons. The zero-order valence-corrected chi connectivity index (χ0v) is 24.6. The molecule has 4 aliphatic rings. The highest BCUT2D eigenvalue weighted by Crippen LogP contribution is 2.68. The van der Waals surface area contributed by atoms with Gasteiger partial charge in [-0.3, -0.25) is 0 Å². The van der Waals surface area contributed by atoms with Gasteiger partial charge in [0.2, 0.25) is 0 Å². The molecule has 4 saturated carbocycles. The van der Waals surface area contributed by atoms with Crippen LogP contribution in [-0.4, -0.2) is 30.1 Å². The number of alkyl halides is 7. The van der Waals surface area contributed by atoms with E-state index in [2.05, 4.69) is 39.4 Å². The van der Waals surface area contributed by atoms with Crippen LogP contribution in [0.15, 0.2) is 0 Å². The molecule has 40 heavy (non-hydrogen) atoms. The van der Waals surface area contributed by atoms with Crippen LogP contribution in [0, 0.1) is 52.3 Å². The van der Waals surface area contributed by atoms with Crippen molar-refractivity contribution in [2.24, 2.45) is 52.3 Å². The smallest absolute Gasteiger partial charge is 0.458 e. The van der Waals surface area contributed by atoms with E-state index in [0.717, 1.165) is 37.5 Å². The largest absolute Gasteiger partial charge is 0.460 e. The average Bonchev–Trinajstić information content (AvgIpc) is 3.20. The topological polar surface area (TPSA) is 26.3 Å². The van der Waals surface area contributed by atoms with Gasteiger partial charge < -0.3 is 4.74 Å². The summed E-state index contributed by atoms with van der Waals surface area (Å²) in [6.45, 7) is 11.7. The molecule has 0 aliphatic heterocycles. The van der Waals surface area contributed by atoms with Crippen LogP contribution in [0.3, 0.4) is 0 Å². The van der Waals surface area contributed by atoms with Crippen LogP contribution in [0.25, 0.3) is 0 Å². The van der Waals surface area contributed by atoms with Gasteiger partial charge in [-0.1, -0.05) is 53.9 Å². The fourth-order valence-electron chi connectivity index (χ4n) is 9.88. The summed E-state index contributed by atoms with van der Waals surface area (Å²) < 4.78 is 96.8. The number of halogens is 7. The molecular formula is C31H47F7O2. The fraction of sp³-hybridized carbons (Fsp3) is 0.968. The van der Waals surface area contributed by atoms with Gasteiger partial charge in [0, 0.05) is 0 Å². The molecule has 9 atom stereocenters. The quantitative estimate of drug-likeness (QED) is 0.210. The highest BCUT2D eigenvalue weighted by atomic mass is 19.4. The monoisotopic (exact) mass is 584 g/mol. The van der Waals surface area contributed by atoms with Crippen molar-refractivity contribution in [3.63, 3.8) is 0 Å². The zero-order chi connectivity index (χ0) is 29.9. The number of rotatable bonds is 8. The Morgan fingerprint density at radius 3 is 2.08 bits per heavy atom. The third kappa shape index (κ3) is 5.31. The first-order valence-corrected chi connectivity index (χ1v) is 15.4. The number of ether oxygens (including phenoxy) is 1. The van der Waals surface area contributed by atoms with Crippen LogP contribution in [-0.2, 0) is 9.53 Å². The molecule has 9 heteroatoms. The van der Waals surface area contributed by atoms with Crippen molar-refractivity contribution in [1.82, 2.24) is 0 Å². The summed E-state index contributed by atoms with van der Waals surface area (Å²) in [5, 5.41) is 0. The average molecular weight is 585 g/mol. The van der Waals surface area contributed by atoms with Gasteiger partial charge in [0.05, 0.1) is 0 Å². The second-order valence-corrected chi connectivity index (χ2v) is 14.6. The van der Waals surface area contributed by atoms with E-state index in [1.165, 1.54) is 32.1 Å². The number of hydrogen-bond donors (Lipinski definition) is 0. The van der Waals surface area contributed by atoms with Crippen molar-refractivity contribution in [2.75, 3.05) is 0 Å². The Kier molecular flexibility index (Phi) is 8.71. The predicted octanol–water partition coefficient (Wildman–Crippen LogP) is 9.85. The van der Waals surface area contributed by atoms with E-state index in [1.54, 1.807) is 0 Å². The Morgan fingerprint density at radius 2 is 1.45 bits per heavy atom. The normalized spacial score (nSPS) is 39.3. The highest BCUT2D eigenvalue weighted by Gasteiger charge is 2.77. The third-order valence-electron chi connectivity index (χ3n) is 12.1. The van der Waals surface area contributed by atoms with Gasteiger partial charge in [-0.2, -0.15) is 30.7 Å². The minimum Gasteiger partial charge on any atom is -0.458 e. The predicted molar refractivity (Wildman–Crippen MR) is 139 cm³/mol. The second-order valence-electron chi connectivity index (χ2n) is 14.6. The lowest BCUT2D eigenvalue weighted by Crippen LogP contribution is -2.58. The van der Waals surface area contributed by atoms with E-state index in [4.69, 9.17) is 0 Å². The molecule has 0 aromatic rings. The Balaban J connectivity index is 1.40. The zero-order valence-electron chi connectivity index (χ0n) is 24.6. The SMILES string of the molecule is CC(C)CCC[C@@H](C)[C@H]1CC[C@H]2[C@@H]3CC[C@H]4C[C@@H](OC(=O)C(F)(F)C(F)(F)C(F)(F)F)CC[C@]4(C)[C@H]3CC[C@]12C. The first kappa shape index (κ1) is 31.9. The van der Waals surface area contributed by atoms with Gasteiger partial charge in [0.25, 0.3) is 0 Å². The molecule has 0 bridgehead atoms. The van der Waals surface area contributed by atoms with Crippen molar-refractivity contribution in [2.45, 2.75) is 136 Å². The summed E-state index contributed by atoms with van der Waals surface area (Å²) >= 11 is 0. The number of carbonyl (C=O) groups excluding carboxylic acids is 1. The lowest BCUT2D eigenvalue weighted by molar-refractivity contribution is -0.349. The minimum atomic E-state index is -6.56.